The molecule has 1 aliphatic heterocycles. The molecule has 0 aliphatic carbocycles. The van der Waals surface area contributed by atoms with E-state index in [0.717, 1.165) is 48.9 Å². The predicted octanol–water partition coefficient (Wildman–Crippen LogP) is 6.46. The van der Waals surface area contributed by atoms with Crippen LogP contribution in [0.25, 0.3) is 0 Å². The van der Waals surface area contributed by atoms with Crippen LogP contribution in [-0.2, 0) is 0 Å². The lowest BCUT2D eigenvalue weighted by Gasteiger charge is -2.33. The third kappa shape index (κ3) is 3.91. The predicted molar refractivity (Wildman–Crippen MR) is 133 cm³/mol. The molecule has 5 heteroatoms. The lowest BCUT2D eigenvalue weighted by molar-refractivity contribution is 0.0997. The van der Waals surface area contributed by atoms with Crippen LogP contribution in [0.5, 0.6) is 11.5 Å². The summed E-state index contributed by atoms with van der Waals surface area (Å²) in [5.74, 6) is 1.33. The highest BCUT2D eigenvalue weighted by Crippen LogP contribution is 2.49. The molecule has 0 bridgehead atoms. The van der Waals surface area contributed by atoms with Crippen molar-refractivity contribution in [2.45, 2.75) is 27.7 Å². The molecule has 32 heavy (non-hydrogen) atoms. The van der Waals surface area contributed by atoms with Crippen molar-refractivity contribution in [3.05, 3.63) is 72.3 Å². The van der Waals surface area contributed by atoms with Crippen LogP contribution in [0.3, 0.4) is 0 Å². The summed E-state index contributed by atoms with van der Waals surface area (Å²) >= 11 is 0. The van der Waals surface area contributed by atoms with Gasteiger partial charge in [-0.2, -0.15) is 0 Å². The summed E-state index contributed by atoms with van der Waals surface area (Å²) in [7, 11) is 0. The number of carbonyl (C=O) groups excluding carboxylic acids is 1. The van der Waals surface area contributed by atoms with Crippen molar-refractivity contribution in [3.8, 4) is 11.5 Å². The Hall–Kier alpha value is -3.47. The number of fused-ring (bicyclic) bond motifs is 2. The van der Waals surface area contributed by atoms with Crippen LogP contribution in [0.2, 0.25) is 0 Å². The van der Waals surface area contributed by atoms with Crippen LogP contribution < -0.4 is 19.4 Å². The van der Waals surface area contributed by atoms with Gasteiger partial charge < -0.3 is 14.5 Å². The highest BCUT2D eigenvalue weighted by Gasteiger charge is 2.31. The Morgan fingerprint density at radius 3 is 1.62 bits per heavy atom. The first kappa shape index (κ1) is 21.8. The second-order valence-electron chi connectivity index (χ2n) is 7.76. The Labute approximate surface area is 190 Å². The number of amides is 1. The van der Waals surface area contributed by atoms with Crippen molar-refractivity contribution < 1.29 is 9.53 Å². The molecular weight excluding hydrogens is 398 g/mol. The zero-order valence-electron chi connectivity index (χ0n) is 19.3. The summed E-state index contributed by atoms with van der Waals surface area (Å²) in [6.07, 6.45) is 0. The fourth-order valence-electron chi connectivity index (χ4n) is 4.29. The minimum absolute atomic E-state index is 0.0671. The molecule has 0 unspecified atom stereocenters. The Kier molecular flexibility index (Phi) is 6.35. The highest BCUT2D eigenvalue weighted by molar-refractivity contribution is 6.13. The van der Waals surface area contributed by atoms with Crippen LogP contribution >= 0.6 is 0 Å². The molecule has 0 saturated carbocycles. The lowest BCUT2D eigenvalue weighted by Crippen LogP contribution is -2.29. The van der Waals surface area contributed by atoms with Crippen molar-refractivity contribution in [1.82, 2.24) is 0 Å². The summed E-state index contributed by atoms with van der Waals surface area (Å²) < 4.78 is 6.41. The van der Waals surface area contributed by atoms with E-state index in [1.54, 1.807) is 4.90 Å². The number of carbonyl (C=O) groups is 1. The molecule has 5 nitrogen and oxygen atoms in total. The minimum Gasteiger partial charge on any atom is -0.453 e. The van der Waals surface area contributed by atoms with Gasteiger partial charge in [-0.05, 0) is 64.1 Å². The number of hydrogen-bond donors (Lipinski definition) is 0. The Morgan fingerprint density at radius 1 is 0.719 bits per heavy atom. The summed E-state index contributed by atoms with van der Waals surface area (Å²) in [6.45, 7) is 12.2. The van der Waals surface area contributed by atoms with Gasteiger partial charge >= 0.3 is 0 Å². The van der Waals surface area contributed by atoms with Gasteiger partial charge in [0.15, 0.2) is 11.5 Å². The smallest absolute Gasteiger partial charge is 0.263 e. The van der Waals surface area contributed by atoms with E-state index < -0.39 is 0 Å². The van der Waals surface area contributed by atoms with Crippen LogP contribution in [0.15, 0.2) is 66.7 Å². The average Bonchev–Trinajstić information content (AvgIpc) is 2.84. The van der Waals surface area contributed by atoms with E-state index in [2.05, 4.69) is 49.6 Å². The number of benzene rings is 3. The van der Waals surface area contributed by atoms with Crippen LogP contribution in [0, 0.1) is 0 Å². The van der Waals surface area contributed by atoms with E-state index in [4.69, 9.17) is 4.74 Å². The van der Waals surface area contributed by atoms with Gasteiger partial charge in [0.2, 0.25) is 0 Å². The topological polar surface area (TPSA) is 36.0 Å². The van der Waals surface area contributed by atoms with Crippen LogP contribution in [0.4, 0.5) is 22.7 Å². The zero-order chi connectivity index (χ0) is 22.7. The molecule has 0 spiro atoms. The van der Waals surface area contributed by atoms with Crippen molar-refractivity contribution in [2.24, 2.45) is 0 Å². The highest BCUT2D eigenvalue weighted by atomic mass is 16.5. The van der Waals surface area contributed by atoms with Crippen molar-refractivity contribution in [2.75, 3.05) is 40.9 Å². The molecule has 4 rings (SSSR count). The molecule has 0 aromatic heterocycles. The third-order valence-corrected chi connectivity index (χ3v) is 6.07. The third-order valence-electron chi connectivity index (χ3n) is 6.07. The molecule has 3 aromatic carbocycles. The number of anilines is 4. The standard InChI is InChI=1S/C27H31N3O2/c1-5-28(6-2)21-14-16-23-25(18-21)32-26-19-22(29(7-3)8-4)15-17-24(26)30(23)27(31)20-12-10-9-11-13-20/h9-19H,5-8H2,1-4H3. The van der Waals surface area contributed by atoms with Crippen molar-refractivity contribution >= 4 is 28.7 Å². The quantitative estimate of drug-likeness (QED) is 0.432. The summed E-state index contributed by atoms with van der Waals surface area (Å²) in [5.41, 5.74) is 4.34. The molecule has 1 heterocycles. The van der Waals surface area contributed by atoms with Gasteiger partial charge in [-0.3, -0.25) is 9.69 Å². The molecule has 0 radical (unpaired) electrons. The Balaban J connectivity index is 1.85. The summed E-state index contributed by atoms with van der Waals surface area (Å²) in [6, 6.07) is 21.6. The van der Waals surface area contributed by atoms with Gasteiger partial charge in [-0.15, -0.1) is 0 Å². The lowest BCUT2D eigenvalue weighted by atomic mass is 10.1. The van der Waals surface area contributed by atoms with Gasteiger partial charge in [0.1, 0.15) is 0 Å². The van der Waals surface area contributed by atoms with E-state index in [1.807, 2.05) is 54.6 Å². The van der Waals surface area contributed by atoms with Crippen LogP contribution in [-0.4, -0.2) is 32.1 Å². The maximum absolute atomic E-state index is 13.6. The van der Waals surface area contributed by atoms with Gasteiger partial charge in [0.05, 0.1) is 11.4 Å². The van der Waals surface area contributed by atoms with E-state index in [0.29, 0.717) is 17.1 Å². The summed E-state index contributed by atoms with van der Waals surface area (Å²) in [4.78, 5) is 20.0. The fraction of sp³-hybridized carbons (Fsp3) is 0.296. The molecule has 1 aliphatic rings. The molecule has 3 aromatic rings. The first-order valence-corrected chi connectivity index (χ1v) is 11.5. The van der Waals surface area contributed by atoms with E-state index in [1.165, 1.54) is 0 Å². The maximum atomic E-state index is 13.6. The second kappa shape index (κ2) is 9.35. The van der Waals surface area contributed by atoms with Gasteiger partial charge in [0.25, 0.3) is 5.91 Å². The number of nitrogens with zero attached hydrogens (tertiary/aromatic N) is 3. The molecule has 0 fully saturated rings. The number of ether oxygens (including phenoxy) is 1. The maximum Gasteiger partial charge on any atom is 0.263 e. The first-order valence-electron chi connectivity index (χ1n) is 11.5. The van der Waals surface area contributed by atoms with E-state index in [9.17, 15) is 4.79 Å². The largest absolute Gasteiger partial charge is 0.453 e. The number of hydrogen-bond acceptors (Lipinski definition) is 4. The normalized spacial score (nSPS) is 11.9. The Morgan fingerprint density at radius 2 is 1.19 bits per heavy atom. The molecule has 0 N–H and O–H groups in total. The van der Waals surface area contributed by atoms with Gasteiger partial charge in [0, 0.05) is 55.2 Å². The van der Waals surface area contributed by atoms with E-state index in [-0.39, 0.29) is 5.91 Å². The zero-order valence-corrected chi connectivity index (χ0v) is 19.3. The summed E-state index contributed by atoms with van der Waals surface area (Å²) in [5, 5.41) is 0. The SMILES string of the molecule is CCN(CC)c1ccc2c(c1)Oc1cc(N(CC)CC)ccc1N2C(=O)c1ccccc1. The van der Waals surface area contributed by atoms with Crippen LogP contribution in [0.1, 0.15) is 38.1 Å². The van der Waals surface area contributed by atoms with E-state index >= 15 is 0 Å². The molecule has 1 amide bonds. The molecule has 0 saturated heterocycles. The van der Waals surface area contributed by atoms with Crippen molar-refractivity contribution in [1.29, 1.82) is 0 Å². The average molecular weight is 430 g/mol. The van der Waals surface area contributed by atoms with Gasteiger partial charge in [-0.25, -0.2) is 0 Å². The van der Waals surface area contributed by atoms with Crippen molar-refractivity contribution in [3.63, 3.8) is 0 Å². The molecule has 166 valence electrons. The molecular formula is C27H31N3O2. The molecule has 0 atom stereocenters. The second-order valence-corrected chi connectivity index (χ2v) is 7.76. The first-order chi connectivity index (χ1) is 15.6. The van der Waals surface area contributed by atoms with Gasteiger partial charge in [-0.1, -0.05) is 18.2 Å². The Bertz CT molecular complexity index is 1030. The monoisotopic (exact) mass is 429 g/mol. The fourth-order valence-corrected chi connectivity index (χ4v) is 4.29. The number of rotatable bonds is 7. The minimum atomic E-state index is -0.0671.